The van der Waals surface area contributed by atoms with Crippen LogP contribution in [-0.4, -0.2) is 25.5 Å². The van der Waals surface area contributed by atoms with Crippen molar-refractivity contribution in [3.8, 4) is 0 Å². The second-order valence-electron chi connectivity index (χ2n) is 4.86. The number of nitrogens with one attached hydrogen (secondary N) is 1. The normalized spacial score (nSPS) is 13.6. The molecule has 1 unspecified atom stereocenters. The van der Waals surface area contributed by atoms with E-state index in [-0.39, 0.29) is 6.04 Å². The molecule has 2 aromatic rings. The van der Waals surface area contributed by atoms with Gasteiger partial charge in [-0.2, -0.15) is 18.3 Å². The Hall–Kier alpha value is -1.48. The molecule has 0 saturated heterocycles. The smallest absolute Gasteiger partial charge is 0.304 e. The van der Waals surface area contributed by atoms with E-state index in [0.717, 1.165) is 15.9 Å². The average Bonchev–Trinajstić information content (AvgIpc) is 2.94. The van der Waals surface area contributed by atoms with Crippen LogP contribution in [0.3, 0.4) is 0 Å². The van der Waals surface area contributed by atoms with Crippen molar-refractivity contribution in [2.75, 3.05) is 0 Å². The molecular weight excluding hydrogens is 303 g/mol. The highest BCUT2D eigenvalue weighted by Gasteiger charge is 2.30. The maximum absolute atomic E-state index is 12.5. The van der Waals surface area contributed by atoms with Crippen LogP contribution >= 0.6 is 11.5 Å². The van der Waals surface area contributed by atoms with E-state index >= 15 is 0 Å². The lowest BCUT2D eigenvalue weighted by Gasteiger charge is -2.14. The van der Waals surface area contributed by atoms with Crippen LogP contribution in [0.25, 0.3) is 0 Å². The Morgan fingerprint density at radius 1 is 1.38 bits per heavy atom. The Morgan fingerprint density at radius 2 is 2.10 bits per heavy atom. The molecular formula is C12H16F3N5S. The zero-order valence-corrected chi connectivity index (χ0v) is 12.7. The lowest BCUT2D eigenvalue weighted by Crippen LogP contribution is -2.21. The largest absolute Gasteiger partial charge is 0.408 e. The minimum absolute atomic E-state index is 0.117. The number of hydrogen-bond acceptors (Lipinski definition) is 5. The molecule has 5 nitrogen and oxygen atoms in total. The van der Waals surface area contributed by atoms with Gasteiger partial charge in [0.25, 0.3) is 0 Å². The van der Waals surface area contributed by atoms with Crippen molar-refractivity contribution in [3.05, 3.63) is 28.0 Å². The SMILES string of the molecule is Cc1nn(CC(F)(F)F)c(C)c1C(C)NCc1csnn1. The summed E-state index contributed by atoms with van der Waals surface area (Å²) in [7, 11) is 0. The van der Waals surface area contributed by atoms with Gasteiger partial charge in [-0.1, -0.05) is 4.49 Å². The molecule has 21 heavy (non-hydrogen) atoms. The third-order valence-electron chi connectivity index (χ3n) is 3.19. The monoisotopic (exact) mass is 319 g/mol. The molecule has 1 atom stereocenters. The Kier molecular flexibility index (Phi) is 4.62. The lowest BCUT2D eigenvalue weighted by atomic mass is 10.1. The van der Waals surface area contributed by atoms with Crippen molar-refractivity contribution in [1.29, 1.82) is 0 Å². The van der Waals surface area contributed by atoms with Crippen LogP contribution in [0, 0.1) is 13.8 Å². The quantitative estimate of drug-likeness (QED) is 0.921. The first kappa shape index (κ1) is 15.9. The van der Waals surface area contributed by atoms with Crippen LogP contribution in [0.5, 0.6) is 0 Å². The summed E-state index contributed by atoms with van der Waals surface area (Å²) >= 11 is 1.26. The number of halogens is 3. The van der Waals surface area contributed by atoms with Gasteiger partial charge in [0.15, 0.2) is 0 Å². The van der Waals surface area contributed by atoms with E-state index in [0.29, 0.717) is 17.9 Å². The molecule has 116 valence electrons. The van der Waals surface area contributed by atoms with Crippen LogP contribution in [0.1, 0.15) is 35.6 Å². The van der Waals surface area contributed by atoms with Crippen LogP contribution in [0.2, 0.25) is 0 Å². The highest BCUT2D eigenvalue weighted by molar-refractivity contribution is 7.03. The van der Waals surface area contributed by atoms with Gasteiger partial charge in [0.2, 0.25) is 0 Å². The van der Waals surface area contributed by atoms with Crippen molar-refractivity contribution in [2.24, 2.45) is 0 Å². The molecule has 0 aliphatic heterocycles. The van der Waals surface area contributed by atoms with E-state index in [9.17, 15) is 13.2 Å². The molecule has 0 radical (unpaired) electrons. The van der Waals surface area contributed by atoms with Gasteiger partial charge in [-0.15, -0.1) is 5.10 Å². The van der Waals surface area contributed by atoms with Crippen molar-refractivity contribution in [3.63, 3.8) is 0 Å². The molecule has 2 rings (SSSR count). The van der Waals surface area contributed by atoms with Crippen LogP contribution in [0.4, 0.5) is 13.2 Å². The molecule has 2 aromatic heterocycles. The van der Waals surface area contributed by atoms with Gasteiger partial charge in [-0.05, 0) is 32.3 Å². The van der Waals surface area contributed by atoms with Gasteiger partial charge in [-0.3, -0.25) is 4.68 Å². The Balaban J connectivity index is 2.11. The number of nitrogens with zero attached hydrogens (tertiary/aromatic N) is 4. The fraction of sp³-hybridized carbons (Fsp3) is 0.583. The molecule has 9 heteroatoms. The number of aromatic nitrogens is 4. The van der Waals surface area contributed by atoms with E-state index in [1.807, 2.05) is 12.3 Å². The van der Waals surface area contributed by atoms with E-state index in [1.54, 1.807) is 13.8 Å². The summed E-state index contributed by atoms with van der Waals surface area (Å²) in [5.41, 5.74) is 2.74. The molecule has 2 heterocycles. The van der Waals surface area contributed by atoms with Crippen molar-refractivity contribution < 1.29 is 13.2 Å². The minimum Gasteiger partial charge on any atom is -0.304 e. The highest BCUT2D eigenvalue weighted by atomic mass is 32.1. The molecule has 0 aromatic carbocycles. The topological polar surface area (TPSA) is 55.6 Å². The first-order valence-corrected chi connectivity index (χ1v) is 7.21. The van der Waals surface area contributed by atoms with Crippen LogP contribution in [0.15, 0.2) is 5.38 Å². The molecule has 0 aliphatic carbocycles. The van der Waals surface area contributed by atoms with Crippen molar-refractivity contribution in [2.45, 2.75) is 46.1 Å². The zero-order valence-electron chi connectivity index (χ0n) is 11.9. The highest BCUT2D eigenvalue weighted by Crippen LogP contribution is 2.25. The van der Waals surface area contributed by atoms with E-state index in [1.165, 1.54) is 11.5 Å². The molecule has 0 aliphatic rings. The average molecular weight is 319 g/mol. The molecule has 0 amide bonds. The maximum Gasteiger partial charge on any atom is 0.408 e. The third-order valence-corrected chi connectivity index (χ3v) is 3.75. The first-order chi connectivity index (χ1) is 9.78. The van der Waals surface area contributed by atoms with Crippen LogP contribution < -0.4 is 5.32 Å². The molecule has 0 fully saturated rings. The van der Waals surface area contributed by atoms with Gasteiger partial charge in [0.1, 0.15) is 6.54 Å². The summed E-state index contributed by atoms with van der Waals surface area (Å²) in [6.45, 7) is 4.72. The second-order valence-corrected chi connectivity index (χ2v) is 5.47. The Bertz CT molecular complexity index is 591. The molecule has 0 bridgehead atoms. The summed E-state index contributed by atoms with van der Waals surface area (Å²) in [5.74, 6) is 0. The standard InChI is InChI=1S/C12H16F3N5S/c1-7(16-4-10-5-21-19-17-10)11-8(2)18-20(9(11)3)6-12(13,14)15/h5,7,16H,4,6H2,1-3H3. The van der Waals surface area contributed by atoms with Crippen molar-refractivity contribution >= 4 is 11.5 Å². The predicted octanol–water partition coefficient (Wildman–Crippen LogP) is 2.76. The summed E-state index contributed by atoms with van der Waals surface area (Å²) in [5, 5.41) is 13.0. The molecule has 1 N–H and O–H groups in total. The van der Waals surface area contributed by atoms with Gasteiger partial charge in [0, 0.05) is 29.2 Å². The van der Waals surface area contributed by atoms with E-state index < -0.39 is 12.7 Å². The van der Waals surface area contributed by atoms with Gasteiger partial charge >= 0.3 is 6.18 Å². The first-order valence-electron chi connectivity index (χ1n) is 6.38. The maximum atomic E-state index is 12.5. The number of aryl methyl sites for hydroxylation is 1. The number of alkyl halides is 3. The summed E-state index contributed by atoms with van der Waals surface area (Å²) < 4.78 is 42.3. The summed E-state index contributed by atoms with van der Waals surface area (Å²) in [4.78, 5) is 0. The van der Waals surface area contributed by atoms with Gasteiger partial charge in [0.05, 0.1) is 11.4 Å². The Labute approximate surface area is 124 Å². The second kappa shape index (κ2) is 6.10. The third kappa shape index (κ3) is 4.01. The fourth-order valence-corrected chi connectivity index (χ4v) is 2.73. The lowest BCUT2D eigenvalue weighted by molar-refractivity contribution is -0.142. The van der Waals surface area contributed by atoms with E-state index in [2.05, 4.69) is 20.0 Å². The fourth-order valence-electron chi connectivity index (χ4n) is 2.28. The minimum atomic E-state index is -4.27. The van der Waals surface area contributed by atoms with Gasteiger partial charge < -0.3 is 5.32 Å². The van der Waals surface area contributed by atoms with E-state index in [4.69, 9.17) is 0 Å². The van der Waals surface area contributed by atoms with Gasteiger partial charge in [-0.25, -0.2) is 0 Å². The number of rotatable bonds is 5. The predicted molar refractivity (Wildman–Crippen MR) is 72.9 cm³/mol. The number of hydrogen-bond donors (Lipinski definition) is 1. The molecule has 0 saturated carbocycles. The zero-order chi connectivity index (χ0) is 15.6. The Morgan fingerprint density at radius 3 is 2.67 bits per heavy atom. The summed E-state index contributed by atoms with van der Waals surface area (Å²) in [6, 6.07) is -0.117. The van der Waals surface area contributed by atoms with Crippen molar-refractivity contribution in [1.82, 2.24) is 24.7 Å². The van der Waals surface area contributed by atoms with Crippen LogP contribution in [-0.2, 0) is 13.1 Å². The summed E-state index contributed by atoms with van der Waals surface area (Å²) in [6.07, 6.45) is -4.27. The molecule has 0 spiro atoms.